The van der Waals surface area contributed by atoms with Crippen LogP contribution in [0.2, 0.25) is 0 Å². The molecule has 1 aromatic heterocycles. The fourth-order valence-electron chi connectivity index (χ4n) is 2.22. The van der Waals surface area contributed by atoms with Gasteiger partial charge in [-0.25, -0.2) is 0 Å². The fourth-order valence-corrected chi connectivity index (χ4v) is 2.22. The number of carbonyl (C=O) groups excluding carboxylic acids is 1. The fraction of sp³-hybridized carbons (Fsp3) is 0.733. The molecule has 1 atom stereocenters. The Labute approximate surface area is 121 Å². The molecule has 0 unspecified atom stereocenters. The van der Waals surface area contributed by atoms with Crippen molar-refractivity contribution in [1.82, 2.24) is 9.78 Å². The van der Waals surface area contributed by atoms with E-state index in [0.29, 0.717) is 18.9 Å². The number of aryl methyl sites for hydroxylation is 2. The molecule has 0 aliphatic rings. The summed E-state index contributed by atoms with van der Waals surface area (Å²) < 4.78 is 7.34. The van der Waals surface area contributed by atoms with Gasteiger partial charge in [0.2, 0.25) is 5.91 Å². The van der Waals surface area contributed by atoms with Gasteiger partial charge >= 0.3 is 0 Å². The number of nitrogens with one attached hydrogen (secondary N) is 1. The van der Waals surface area contributed by atoms with Gasteiger partial charge in [0.25, 0.3) is 0 Å². The lowest BCUT2D eigenvalue weighted by molar-refractivity contribution is -0.117. The molecule has 20 heavy (non-hydrogen) atoms. The first-order valence-corrected chi connectivity index (χ1v) is 7.23. The minimum absolute atomic E-state index is 0.0344. The average molecular weight is 281 g/mol. The second-order valence-electron chi connectivity index (χ2n) is 5.79. The minimum Gasteiger partial charge on any atom is -0.378 e. The van der Waals surface area contributed by atoms with E-state index in [2.05, 4.69) is 24.3 Å². The number of aromatic nitrogens is 2. The summed E-state index contributed by atoms with van der Waals surface area (Å²) in [6.45, 7) is 10.7. The Morgan fingerprint density at radius 2 is 2.00 bits per heavy atom. The summed E-state index contributed by atoms with van der Waals surface area (Å²) in [5.74, 6) is 1.34. The maximum atomic E-state index is 11.9. The summed E-state index contributed by atoms with van der Waals surface area (Å²) in [6.07, 6.45) is 1.58. The van der Waals surface area contributed by atoms with Crippen molar-refractivity contribution >= 4 is 11.7 Å². The van der Waals surface area contributed by atoms with Gasteiger partial charge in [0.15, 0.2) is 0 Å². The molecule has 0 saturated carbocycles. The van der Waals surface area contributed by atoms with Crippen molar-refractivity contribution in [2.24, 2.45) is 13.0 Å². The Bertz CT molecular complexity index is 452. The van der Waals surface area contributed by atoms with Crippen molar-refractivity contribution in [1.29, 1.82) is 0 Å². The highest BCUT2D eigenvalue weighted by atomic mass is 16.5. The van der Waals surface area contributed by atoms with Crippen molar-refractivity contribution in [3.8, 4) is 0 Å². The average Bonchev–Trinajstić information content (AvgIpc) is 2.55. The van der Waals surface area contributed by atoms with Gasteiger partial charge in [-0.05, 0) is 33.1 Å². The van der Waals surface area contributed by atoms with Crippen LogP contribution in [0.3, 0.4) is 0 Å². The zero-order valence-corrected chi connectivity index (χ0v) is 13.5. The number of ether oxygens (including phenoxy) is 1. The van der Waals surface area contributed by atoms with Gasteiger partial charge in [-0.3, -0.25) is 9.48 Å². The predicted molar refractivity (Wildman–Crippen MR) is 80.8 cm³/mol. The van der Waals surface area contributed by atoms with Gasteiger partial charge < -0.3 is 10.1 Å². The largest absolute Gasteiger partial charge is 0.378 e. The Hall–Kier alpha value is -1.36. The summed E-state index contributed by atoms with van der Waals surface area (Å²) in [4.78, 5) is 11.9. The zero-order valence-electron chi connectivity index (χ0n) is 13.5. The molecule has 0 fully saturated rings. The Morgan fingerprint density at radius 1 is 1.35 bits per heavy atom. The number of amides is 1. The second-order valence-corrected chi connectivity index (χ2v) is 5.79. The van der Waals surface area contributed by atoms with Crippen LogP contribution in [0.4, 0.5) is 5.82 Å². The van der Waals surface area contributed by atoms with E-state index < -0.39 is 0 Å². The maximum Gasteiger partial charge on any atom is 0.227 e. The quantitative estimate of drug-likeness (QED) is 0.836. The van der Waals surface area contributed by atoms with Gasteiger partial charge in [-0.15, -0.1) is 0 Å². The van der Waals surface area contributed by atoms with Crippen LogP contribution in [0, 0.1) is 19.8 Å². The van der Waals surface area contributed by atoms with Crippen LogP contribution in [-0.2, 0) is 16.6 Å². The molecule has 1 heterocycles. The third-order valence-electron chi connectivity index (χ3n) is 3.31. The lowest BCUT2D eigenvalue weighted by atomic mass is 10.1. The zero-order chi connectivity index (χ0) is 15.3. The molecular formula is C15H27N3O2. The Kier molecular flexibility index (Phi) is 6.20. The number of anilines is 1. The summed E-state index contributed by atoms with van der Waals surface area (Å²) in [6, 6.07) is 0. The molecule has 0 saturated heterocycles. The Balaban J connectivity index is 2.37. The molecule has 0 aromatic carbocycles. The molecule has 0 radical (unpaired) electrons. The van der Waals surface area contributed by atoms with Gasteiger partial charge in [0.1, 0.15) is 5.82 Å². The van der Waals surface area contributed by atoms with Crippen molar-refractivity contribution in [3.05, 3.63) is 11.3 Å². The highest BCUT2D eigenvalue weighted by Crippen LogP contribution is 2.17. The molecular weight excluding hydrogens is 254 g/mol. The van der Waals surface area contributed by atoms with Gasteiger partial charge in [0.05, 0.1) is 24.8 Å². The van der Waals surface area contributed by atoms with Gasteiger partial charge in [-0.1, -0.05) is 13.8 Å². The van der Waals surface area contributed by atoms with E-state index in [1.54, 1.807) is 4.68 Å². The van der Waals surface area contributed by atoms with Crippen molar-refractivity contribution in [3.63, 3.8) is 0 Å². The molecule has 0 spiro atoms. The van der Waals surface area contributed by atoms with E-state index >= 15 is 0 Å². The summed E-state index contributed by atoms with van der Waals surface area (Å²) in [5.41, 5.74) is 1.94. The first-order valence-electron chi connectivity index (χ1n) is 7.23. The Morgan fingerprint density at radius 3 is 2.50 bits per heavy atom. The molecule has 5 nitrogen and oxygen atoms in total. The van der Waals surface area contributed by atoms with E-state index in [9.17, 15) is 4.79 Å². The standard InChI is InChI=1S/C15H27N3O2/c1-10(2)9-11(3)20-8-7-14(19)16-15-12(4)13(5)17-18(15)6/h10-11H,7-9H2,1-6H3,(H,16,19)/t11-/m1/s1. The number of hydrogen-bond acceptors (Lipinski definition) is 3. The lowest BCUT2D eigenvalue weighted by Gasteiger charge is -2.15. The number of carbonyl (C=O) groups is 1. The van der Waals surface area contributed by atoms with Crippen LogP contribution in [-0.4, -0.2) is 28.4 Å². The smallest absolute Gasteiger partial charge is 0.227 e. The molecule has 114 valence electrons. The predicted octanol–water partition coefficient (Wildman–Crippen LogP) is 2.82. The first kappa shape index (κ1) is 16.7. The maximum absolute atomic E-state index is 11.9. The van der Waals surface area contributed by atoms with Crippen LogP contribution in [0.1, 0.15) is 44.9 Å². The molecule has 0 aliphatic heterocycles. The normalized spacial score (nSPS) is 12.8. The van der Waals surface area contributed by atoms with Crippen LogP contribution in [0.5, 0.6) is 0 Å². The molecule has 0 aliphatic carbocycles. The SMILES string of the molecule is Cc1nn(C)c(NC(=O)CCO[C@H](C)CC(C)C)c1C. The molecule has 1 aromatic rings. The highest BCUT2D eigenvalue weighted by Gasteiger charge is 2.12. The summed E-state index contributed by atoms with van der Waals surface area (Å²) in [5, 5.41) is 7.17. The van der Waals surface area contributed by atoms with Crippen LogP contribution >= 0.6 is 0 Å². The van der Waals surface area contributed by atoms with E-state index in [0.717, 1.165) is 23.5 Å². The third kappa shape index (κ3) is 4.96. The molecule has 1 rings (SSSR count). The molecule has 5 heteroatoms. The van der Waals surface area contributed by atoms with Crippen LogP contribution in [0.15, 0.2) is 0 Å². The number of rotatable bonds is 7. The lowest BCUT2D eigenvalue weighted by Crippen LogP contribution is -2.19. The second kappa shape index (κ2) is 7.43. The molecule has 0 bridgehead atoms. The van der Waals surface area contributed by atoms with Crippen molar-refractivity contribution in [2.75, 3.05) is 11.9 Å². The van der Waals surface area contributed by atoms with Gasteiger partial charge in [-0.2, -0.15) is 5.10 Å². The molecule has 1 N–H and O–H groups in total. The van der Waals surface area contributed by atoms with Crippen molar-refractivity contribution in [2.45, 2.75) is 53.6 Å². The van der Waals surface area contributed by atoms with Crippen LogP contribution in [0.25, 0.3) is 0 Å². The number of hydrogen-bond donors (Lipinski definition) is 1. The van der Waals surface area contributed by atoms with E-state index in [1.807, 2.05) is 27.8 Å². The minimum atomic E-state index is -0.0344. The highest BCUT2D eigenvalue weighted by molar-refractivity contribution is 5.90. The van der Waals surface area contributed by atoms with E-state index in [4.69, 9.17) is 4.74 Å². The van der Waals surface area contributed by atoms with E-state index in [-0.39, 0.29) is 12.0 Å². The topological polar surface area (TPSA) is 56.2 Å². The molecule has 1 amide bonds. The summed E-state index contributed by atoms with van der Waals surface area (Å²) in [7, 11) is 1.83. The van der Waals surface area contributed by atoms with Crippen molar-refractivity contribution < 1.29 is 9.53 Å². The monoisotopic (exact) mass is 281 g/mol. The summed E-state index contributed by atoms with van der Waals surface area (Å²) >= 11 is 0. The first-order chi connectivity index (χ1) is 9.31. The van der Waals surface area contributed by atoms with Crippen LogP contribution < -0.4 is 5.32 Å². The number of nitrogens with zero attached hydrogens (tertiary/aromatic N) is 2. The third-order valence-corrected chi connectivity index (χ3v) is 3.31. The van der Waals surface area contributed by atoms with Gasteiger partial charge in [0, 0.05) is 12.6 Å². The van der Waals surface area contributed by atoms with E-state index in [1.165, 1.54) is 0 Å².